The topological polar surface area (TPSA) is 109 Å². The van der Waals surface area contributed by atoms with Gasteiger partial charge in [-0.05, 0) is 43.0 Å². The summed E-state index contributed by atoms with van der Waals surface area (Å²) in [5.41, 5.74) is 5.54. The highest BCUT2D eigenvalue weighted by atomic mass is 32.2. The van der Waals surface area contributed by atoms with Gasteiger partial charge in [0.1, 0.15) is 4.90 Å². The first-order valence-corrected chi connectivity index (χ1v) is 9.14. The Morgan fingerprint density at radius 2 is 2.14 bits per heavy atom. The quantitative estimate of drug-likeness (QED) is 0.494. The van der Waals surface area contributed by atoms with E-state index in [1.165, 1.54) is 12.1 Å². The molecule has 0 aliphatic carbocycles. The van der Waals surface area contributed by atoms with Crippen LogP contribution in [-0.4, -0.2) is 37.0 Å². The maximum absolute atomic E-state index is 12.2. The monoisotopic (exact) mass is 332 g/mol. The fourth-order valence-corrected chi connectivity index (χ4v) is 3.92. The lowest BCUT2D eigenvalue weighted by Crippen LogP contribution is -2.33. The van der Waals surface area contributed by atoms with E-state index in [-0.39, 0.29) is 22.2 Å². The van der Waals surface area contributed by atoms with Crippen molar-refractivity contribution in [3.8, 4) is 0 Å². The van der Waals surface area contributed by atoms with Crippen LogP contribution in [0.1, 0.15) is 30.6 Å². The number of nitrogens with two attached hydrogens (primary N) is 1. The van der Waals surface area contributed by atoms with E-state index in [1.54, 1.807) is 18.7 Å². The highest BCUT2D eigenvalue weighted by Crippen LogP contribution is 2.20. The molecule has 8 heteroatoms. The predicted octanol–water partition coefficient (Wildman–Crippen LogP) is 1.78. The van der Waals surface area contributed by atoms with E-state index >= 15 is 0 Å². The molecule has 6 nitrogen and oxygen atoms in total. The molecule has 0 saturated carbocycles. The van der Waals surface area contributed by atoms with Gasteiger partial charge in [0.25, 0.3) is 0 Å². The minimum absolute atomic E-state index is 0.0427. The molecule has 118 valence electrons. The number of sulfonamides is 1. The first kappa shape index (κ1) is 17.8. The average Bonchev–Trinajstić information content (AvgIpc) is 2.37. The minimum atomic E-state index is -3.75. The Bertz CT molecular complexity index is 602. The maximum Gasteiger partial charge on any atom is 0.335 e. The summed E-state index contributed by atoms with van der Waals surface area (Å²) in [6.45, 7) is 3.83. The zero-order valence-electron chi connectivity index (χ0n) is 12.0. The van der Waals surface area contributed by atoms with Gasteiger partial charge in [-0.25, -0.2) is 17.9 Å². The Kier molecular flexibility index (Phi) is 6.50. The second-order valence-corrected chi connectivity index (χ2v) is 7.64. The molecule has 0 heterocycles. The molecule has 0 saturated heterocycles. The number of hydrogen-bond acceptors (Lipinski definition) is 5. The second kappa shape index (κ2) is 7.67. The molecule has 0 aliphatic rings. The van der Waals surface area contributed by atoms with Crippen molar-refractivity contribution in [2.24, 2.45) is 0 Å². The van der Waals surface area contributed by atoms with Crippen molar-refractivity contribution in [3.63, 3.8) is 0 Å². The number of nitrogens with one attached hydrogen (secondary N) is 1. The summed E-state index contributed by atoms with van der Waals surface area (Å²) in [6, 6.07) is 3.38. The normalized spacial score (nSPS) is 13.0. The molecule has 1 unspecified atom stereocenters. The minimum Gasteiger partial charge on any atom is -0.478 e. The number of rotatable bonds is 8. The Morgan fingerprint density at radius 3 is 2.67 bits per heavy atom. The van der Waals surface area contributed by atoms with Gasteiger partial charge in [0.15, 0.2) is 0 Å². The molecule has 1 atom stereocenters. The molecule has 0 spiro atoms. The van der Waals surface area contributed by atoms with Gasteiger partial charge in [0.2, 0.25) is 10.0 Å². The number of benzene rings is 1. The molecule has 0 fully saturated rings. The smallest absolute Gasteiger partial charge is 0.335 e. The second-order valence-electron chi connectivity index (χ2n) is 4.57. The van der Waals surface area contributed by atoms with Crippen molar-refractivity contribution in [1.29, 1.82) is 0 Å². The maximum atomic E-state index is 12.2. The van der Waals surface area contributed by atoms with Crippen LogP contribution in [0.25, 0.3) is 0 Å². The fraction of sp³-hybridized carbons (Fsp3) is 0.462. The van der Waals surface area contributed by atoms with E-state index in [4.69, 9.17) is 10.8 Å². The highest BCUT2D eigenvalue weighted by molar-refractivity contribution is 7.99. The van der Waals surface area contributed by atoms with Crippen molar-refractivity contribution < 1.29 is 18.3 Å². The van der Waals surface area contributed by atoms with Gasteiger partial charge < -0.3 is 10.8 Å². The molecule has 0 bridgehead atoms. The molecule has 4 N–H and O–H groups in total. The summed E-state index contributed by atoms with van der Waals surface area (Å²) in [5.74, 6) is 0.708. The van der Waals surface area contributed by atoms with Crippen molar-refractivity contribution >= 4 is 33.4 Å². The molecule has 21 heavy (non-hydrogen) atoms. The lowest BCUT2D eigenvalue weighted by molar-refractivity contribution is 0.0697. The third-order valence-corrected chi connectivity index (χ3v) is 5.40. The first-order valence-electron chi connectivity index (χ1n) is 6.50. The molecule has 1 aromatic rings. The summed E-state index contributed by atoms with van der Waals surface area (Å²) < 4.78 is 27.0. The molecule has 0 radical (unpaired) electrons. The molecule has 0 aromatic heterocycles. The van der Waals surface area contributed by atoms with Gasteiger partial charge in [-0.15, -0.1) is 0 Å². The first-order chi connectivity index (χ1) is 9.77. The molecule has 0 aliphatic heterocycles. The zero-order chi connectivity index (χ0) is 16.0. The molecule has 1 aromatic carbocycles. The lowest BCUT2D eigenvalue weighted by atomic mass is 10.2. The van der Waals surface area contributed by atoms with Crippen molar-refractivity contribution in [3.05, 3.63) is 23.8 Å². The largest absolute Gasteiger partial charge is 0.478 e. The highest BCUT2D eigenvalue weighted by Gasteiger charge is 2.20. The Hall–Kier alpha value is -1.25. The van der Waals surface area contributed by atoms with Crippen LogP contribution >= 0.6 is 11.8 Å². The van der Waals surface area contributed by atoms with E-state index in [1.807, 2.05) is 6.92 Å². The fourth-order valence-electron chi connectivity index (χ4n) is 1.72. The molecule has 1 rings (SSSR count). The van der Waals surface area contributed by atoms with Crippen LogP contribution in [0.15, 0.2) is 23.1 Å². The van der Waals surface area contributed by atoms with Gasteiger partial charge in [-0.1, -0.05) is 6.92 Å². The van der Waals surface area contributed by atoms with E-state index in [0.717, 1.165) is 17.6 Å². The summed E-state index contributed by atoms with van der Waals surface area (Å²) in [5, 5.41) is 8.85. The third-order valence-electron chi connectivity index (χ3n) is 2.80. The van der Waals surface area contributed by atoms with Crippen LogP contribution in [0.4, 0.5) is 5.69 Å². The van der Waals surface area contributed by atoms with Crippen molar-refractivity contribution in [2.45, 2.75) is 31.2 Å². The Balaban J connectivity index is 2.85. The van der Waals surface area contributed by atoms with Gasteiger partial charge in [0, 0.05) is 6.04 Å². The Morgan fingerprint density at radius 1 is 1.48 bits per heavy atom. The van der Waals surface area contributed by atoms with Crippen molar-refractivity contribution in [2.75, 3.05) is 17.2 Å². The number of thioether (sulfide) groups is 1. The number of carboxylic acid groups (broad SMARTS) is 1. The number of nitrogen functional groups attached to an aromatic ring is 1. The van der Waals surface area contributed by atoms with Gasteiger partial charge in [-0.2, -0.15) is 11.8 Å². The third kappa shape index (κ3) is 5.22. The van der Waals surface area contributed by atoms with Crippen molar-refractivity contribution in [1.82, 2.24) is 4.72 Å². The Labute approximate surface area is 129 Å². The van der Waals surface area contributed by atoms with E-state index in [2.05, 4.69) is 4.72 Å². The lowest BCUT2D eigenvalue weighted by Gasteiger charge is -2.15. The molecule has 0 amide bonds. The van der Waals surface area contributed by atoms with Gasteiger partial charge in [0.05, 0.1) is 11.3 Å². The van der Waals surface area contributed by atoms with Gasteiger partial charge >= 0.3 is 5.97 Å². The number of hydrogen-bond donors (Lipinski definition) is 3. The van der Waals surface area contributed by atoms with E-state index < -0.39 is 16.0 Å². The number of anilines is 1. The van der Waals surface area contributed by atoms with Crippen LogP contribution in [0, 0.1) is 0 Å². The van der Waals surface area contributed by atoms with E-state index in [0.29, 0.717) is 6.42 Å². The summed E-state index contributed by atoms with van der Waals surface area (Å²) >= 11 is 1.74. The average molecular weight is 332 g/mol. The van der Waals surface area contributed by atoms with Crippen LogP contribution in [0.5, 0.6) is 0 Å². The summed E-state index contributed by atoms with van der Waals surface area (Å²) in [6.07, 6.45) is 0.713. The van der Waals surface area contributed by atoms with Crippen LogP contribution in [0.2, 0.25) is 0 Å². The van der Waals surface area contributed by atoms with Crippen LogP contribution in [0.3, 0.4) is 0 Å². The predicted molar refractivity (Wildman–Crippen MR) is 85.2 cm³/mol. The summed E-state index contributed by atoms with van der Waals surface area (Å²) in [7, 11) is -3.75. The standard InChI is InChI=1S/C13H20N2O4S2/c1-3-20-7-6-9(2)15-21(18,19)12-5-4-10(13(16)17)8-11(12)14/h4-5,8-9,15H,3,6-7,14H2,1-2H3,(H,16,17). The number of carbonyl (C=O) groups is 1. The van der Waals surface area contributed by atoms with Gasteiger partial charge in [-0.3, -0.25) is 0 Å². The SMILES string of the molecule is CCSCCC(C)NS(=O)(=O)c1ccc(C(=O)O)cc1N. The van der Waals surface area contributed by atoms with Crippen LogP contribution < -0.4 is 10.5 Å². The number of aromatic carboxylic acids is 1. The number of carboxylic acids is 1. The van der Waals surface area contributed by atoms with Crippen LogP contribution in [-0.2, 0) is 10.0 Å². The zero-order valence-corrected chi connectivity index (χ0v) is 13.6. The van der Waals surface area contributed by atoms with E-state index in [9.17, 15) is 13.2 Å². The molecular formula is C13H20N2O4S2. The summed E-state index contributed by atoms with van der Waals surface area (Å²) in [4.78, 5) is 10.7. The molecular weight excluding hydrogens is 312 g/mol.